The van der Waals surface area contributed by atoms with Crippen molar-refractivity contribution >= 4 is 56.3 Å². The van der Waals surface area contributed by atoms with Crippen molar-refractivity contribution in [2.75, 3.05) is 17.2 Å². The van der Waals surface area contributed by atoms with E-state index in [1.807, 2.05) is 18.2 Å². The van der Waals surface area contributed by atoms with Crippen LogP contribution in [-0.4, -0.2) is 29.8 Å². The van der Waals surface area contributed by atoms with Crippen molar-refractivity contribution in [2.24, 2.45) is 0 Å². The zero-order valence-electron chi connectivity index (χ0n) is 26.2. The van der Waals surface area contributed by atoms with E-state index < -0.39 is 10.1 Å². The second-order valence-corrected chi connectivity index (χ2v) is 15.0. The maximum atomic E-state index is 11.7. The van der Waals surface area contributed by atoms with Crippen molar-refractivity contribution in [1.29, 1.82) is 0 Å². The molecular weight excluding hydrogens is 627 g/mol. The average Bonchev–Trinajstić information content (AvgIpc) is 3.75. The number of para-hydroxylation sites is 1. The molecule has 5 aromatic rings. The van der Waals surface area contributed by atoms with Crippen LogP contribution in [0.5, 0.6) is 5.75 Å². The van der Waals surface area contributed by atoms with Gasteiger partial charge in [-0.1, -0.05) is 79.3 Å². The van der Waals surface area contributed by atoms with Gasteiger partial charge in [-0.25, -0.2) is 0 Å². The molecule has 2 aliphatic carbocycles. The van der Waals surface area contributed by atoms with E-state index in [4.69, 9.17) is 4.74 Å². The Labute approximate surface area is 279 Å². The first-order chi connectivity index (χ1) is 22.9. The summed E-state index contributed by atoms with van der Waals surface area (Å²) in [7, 11) is -4.09. The van der Waals surface area contributed by atoms with Crippen LogP contribution in [0.1, 0.15) is 58.8 Å². The number of anilines is 1. The molecule has 1 atom stereocenters. The van der Waals surface area contributed by atoms with Crippen LogP contribution in [0.3, 0.4) is 0 Å². The van der Waals surface area contributed by atoms with E-state index in [-0.39, 0.29) is 12.2 Å². The summed E-state index contributed by atoms with van der Waals surface area (Å²) in [4.78, 5) is 3.33. The summed E-state index contributed by atoms with van der Waals surface area (Å²) >= 11 is 1.78. The van der Waals surface area contributed by atoms with Crippen LogP contribution in [-0.2, 0) is 23.1 Å². The van der Waals surface area contributed by atoms with Gasteiger partial charge < -0.3 is 14.2 Å². The van der Waals surface area contributed by atoms with Crippen molar-refractivity contribution in [3.63, 3.8) is 0 Å². The summed E-state index contributed by atoms with van der Waals surface area (Å²) in [6.45, 7) is 3.51. The molecule has 7 nitrogen and oxygen atoms in total. The number of hydrogen-bond acceptors (Lipinski definition) is 5. The number of rotatable bonds is 9. The van der Waals surface area contributed by atoms with E-state index in [1.54, 1.807) is 11.3 Å². The molecule has 0 saturated carbocycles. The van der Waals surface area contributed by atoms with Gasteiger partial charge in [-0.05, 0) is 64.9 Å². The fraction of sp³-hybridized carbons (Fsp3) is 0.237. The van der Waals surface area contributed by atoms with Crippen molar-refractivity contribution in [1.82, 2.24) is 4.57 Å². The van der Waals surface area contributed by atoms with Gasteiger partial charge in [0, 0.05) is 37.2 Å². The highest BCUT2D eigenvalue weighted by Crippen LogP contribution is 2.44. The Hall–Kier alpha value is -4.44. The summed E-state index contributed by atoms with van der Waals surface area (Å²) in [6.07, 6.45) is 14.4. The Morgan fingerprint density at radius 1 is 1.04 bits per heavy atom. The van der Waals surface area contributed by atoms with Gasteiger partial charge in [0.05, 0.1) is 23.0 Å². The lowest BCUT2D eigenvalue weighted by Gasteiger charge is -2.26. The van der Waals surface area contributed by atoms with Crippen LogP contribution >= 0.6 is 11.3 Å². The summed E-state index contributed by atoms with van der Waals surface area (Å²) in [5.74, 6) is 1.39. The predicted molar refractivity (Wildman–Crippen MR) is 190 cm³/mol. The van der Waals surface area contributed by atoms with Crippen LogP contribution in [0.25, 0.3) is 34.8 Å². The van der Waals surface area contributed by atoms with Gasteiger partial charge in [0.25, 0.3) is 15.1 Å². The lowest BCUT2D eigenvalue weighted by molar-refractivity contribution is -0.701. The first-order valence-corrected chi connectivity index (χ1v) is 18.7. The number of nitrogens with zero attached hydrogens (tertiary/aromatic N) is 3. The molecule has 1 unspecified atom stereocenters. The Balaban J connectivity index is 1.19. The molecule has 0 bridgehead atoms. The fourth-order valence-corrected chi connectivity index (χ4v) is 8.76. The molecule has 3 heterocycles. The normalized spacial score (nSPS) is 17.3. The van der Waals surface area contributed by atoms with E-state index in [2.05, 4.69) is 106 Å². The van der Waals surface area contributed by atoms with Crippen LogP contribution in [0, 0.1) is 0 Å². The van der Waals surface area contributed by atoms with Crippen molar-refractivity contribution in [3.05, 3.63) is 123 Å². The third-order valence-corrected chi connectivity index (χ3v) is 11.3. The van der Waals surface area contributed by atoms with E-state index in [0.717, 1.165) is 58.8 Å². The fourth-order valence-electron chi connectivity index (χ4n) is 7.06. The zero-order chi connectivity index (χ0) is 32.1. The maximum Gasteiger partial charge on any atom is 0.267 e. The Morgan fingerprint density at radius 2 is 1.89 bits per heavy atom. The number of benzene rings is 3. The summed E-state index contributed by atoms with van der Waals surface area (Å²) < 4.78 is 44.0. The lowest BCUT2D eigenvalue weighted by atomic mass is 9.78. The molecule has 1 aliphatic heterocycles. The number of ether oxygens (including phenoxy) is 1. The molecule has 238 valence electrons. The SMILES string of the molecule is CCCC[n+]1c(/C=C2\Oc3ccc(-n4ccc5ccccc54)cc3N2CCCS(=O)(=O)O)sc2c1CC1C(=C2)C=Cc2ccccc21. The van der Waals surface area contributed by atoms with Crippen LogP contribution < -0.4 is 14.2 Å². The minimum atomic E-state index is -4.09. The number of allylic oxidation sites excluding steroid dienone is 2. The molecular formula is C38H36N3O4S2+. The Bertz CT molecular complexity index is 2220. The lowest BCUT2D eigenvalue weighted by Crippen LogP contribution is -2.40. The van der Waals surface area contributed by atoms with E-state index in [0.29, 0.717) is 18.3 Å². The molecule has 1 N–H and O–H groups in total. The van der Waals surface area contributed by atoms with Crippen molar-refractivity contribution < 1.29 is 22.3 Å². The standard InChI is InChI=1S/C38H35N3O4S2/c1-2-3-18-41-34-24-31-28(14-13-26-9-4-6-11-30(26)31)22-36(34)46-38(41)25-37-40(19-8-21-47(42,43)44)33-23-29(15-16-35(33)45-37)39-20-17-27-10-5-7-12-32(27)39/h4-7,9-17,20,22-23,25,31H,2-3,8,18-19,21,24H2,1H3/p+1. The Morgan fingerprint density at radius 3 is 2.77 bits per heavy atom. The maximum absolute atomic E-state index is 11.7. The van der Waals surface area contributed by atoms with Gasteiger partial charge in [-0.15, -0.1) is 0 Å². The monoisotopic (exact) mass is 662 g/mol. The molecule has 0 amide bonds. The van der Waals surface area contributed by atoms with E-state index in [1.165, 1.54) is 27.3 Å². The van der Waals surface area contributed by atoms with Crippen molar-refractivity contribution in [3.8, 4) is 11.4 Å². The summed E-state index contributed by atoms with van der Waals surface area (Å²) in [5, 5.41) is 2.26. The van der Waals surface area contributed by atoms with E-state index in [9.17, 15) is 13.0 Å². The molecule has 9 heteroatoms. The molecule has 0 saturated heterocycles. The predicted octanol–water partition coefficient (Wildman–Crippen LogP) is 8.01. The summed E-state index contributed by atoms with van der Waals surface area (Å²) in [5.41, 5.74) is 8.34. The average molecular weight is 663 g/mol. The molecule has 3 aromatic carbocycles. The highest BCUT2D eigenvalue weighted by Gasteiger charge is 2.36. The molecule has 0 radical (unpaired) electrons. The molecule has 2 aromatic heterocycles. The zero-order valence-corrected chi connectivity index (χ0v) is 27.8. The third-order valence-electron chi connectivity index (χ3n) is 9.37. The quantitative estimate of drug-likeness (QED) is 0.128. The highest BCUT2D eigenvalue weighted by atomic mass is 32.2. The Kier molecular flexibility index (Phi) is 7.63. The van der Waals surface area contributed by atoms with Gasteiger partial charge in [0.1, 0.15) is 11.4 Å². The number of aromatic nitrogens is 2. The minimum Gasteiger partial charge on any atom is -0.438 e. The molecule has 47 heavy (non-hydrogen) atoms. The number of unbranched alkanes of at least 4 members (excludes halogenated alkanes) is 1. The van der Waals surface area contributed by atoms with Crippen molar-refractivity contribution in [2.45, 2.75) is 45.1 Å². The van der Waals surface area contributed by atoms with Crippen LogP contribution in [0.15, 0.2) is 96.5 Å². The van der Waals surface area contributed by atoms with Gasteiger partial charge in [0.15, 0.2) is 5.75 Å². The molecule has 0 spiro atoms. The first kappa shape index (κ1) is 29.9. The van der Waals surface area contributed by atoms with Gasteiger partial charge >= 0.3 is 0 Å². The van der Waals surface area contributed by atoms with Gasteiger partial charge in [-0.3, -0.25) is 4.55 Å². The smallest absolute Gasteiger partial charge is 0.267 e. The number of thiazole rings is 1. The highest BCUT2D eigenvalue weighted by molar-refractivity contribution is 7.85. The summed E-state index contributed by atoms with van der Waals surface area (Å²) in [6, 6.07) is 25.2. The molecule has 3 aliphatic rings. The van der Waals surface area contributed by atoms with Gasteiger partial charge in [0.2, 0.25) is 11.6 Å². The third kappa shape index (κ3) is 5.62. The largest absolute Gasteiger partial charge is 0.438 e. The second kappa shape index (κ2) is 12.0. The second-order valence-electron chi connectivity index (χ2n) is 12.4. The van der Waals surface area contributed by atoms with Crippen LogP contribution in [0.2, 0.25) is 0 Å². The topological polar surface area (TPSA) is 75.7 Å². The number of hydrogen-bond donors (Lipinski definition) is 1. The molecule has 0 fully saturated rings. The van der Waals surface area contributed by atoms with Gasteiger partial charge in [-0.2, -0.15) is 13.0 Å². The first-order valence-electron chi connectivity index (χ1n) is 16.2. The van der Waals surface area contributed by atoms with Crippen LogP contribution in [0.4, 0.5) is 5.69 Å². The molecule has 8 rings (SSSR count). The number of fused-ring (bicyclic) bond motifs is 6. The van der Waals surface area contributed by atoms with E-state index >= 15 is 0 Å². The minimum absolute atomic E-state index is 0.256.